The summed E-state index contributed by atoms with van der Waals surface area (Å²) < 4.78 is 0. The molecule has 6 aromatic carbocycles. The summed E-state index contributed by atoms with van der Waals surface area (Å²) in [5, 5.41) is 9.65. The number of fused-ring (bicyclic) bond motifs is 2. The molecular formula is C46H54BCl2N2O2Zr. The molecule has 0 aliphatic heterocycles. The van der Waals surface area contributed by atoms with Crippen molar-refractivity contribution in [2.45, 2.75) is 93.9 Å². The van der Waals surface area contributed by atoms with E-state index in [0.29, 0.717) is 12.8 Å². The standard InChI is InChI=1S/2C22H25.C2H4BN2O2.2ClH.Zr/c2*1-14-10-15(2)16(3)20(11-14)19-9-7-8-17-12-18(13-21(17)19)22(4,5)6;6-1-4-3-5-2-7;;;/h2*7-13H,1-6H3;1-2H,(H,4,6)(H,5,7);2*1H;/q2*-1;;;;+4/p-2. The molecule has 0 heterocycles. The van der Waals surface area contributed by atoms with Crippen LogP contribution in [0.15, 0.2) is 84.9 Å². The molecule has 0 atom stereocenters. The summed E-state index contributed by atoms with van der Waals surface area (Å²) in [6.07, 6.45) is 0.910. The third-order valence-corrected chi connectivity index (χ3v) is 9.74. The van der Waals surface area contributed by atoms with Gasteiger partial charge in [-0.15, -0.1) is 69.1 Å². The number of nitrogens with one attached hydrogen (secondary N) is 2. The van der Waals surface area contributed by atoms with Gasteiger partial charge < -0.3 is 10.5 Å². The number of hydrogen-bond acceptors (Lipinski definition) is 2. The molecule has 0 fully saturated rings. The Labute approximate surface area is 343 Å². The quantitative estimate of drug-likeness (QED) is 0.0760. The molecule has 6 rings (SSSR count). The number of rotatable bonds is 6. The summed E-state index contributed by atoms with van der Waals surface area (Å²) in [4.78, 5) is 18.8. The monoisotopic (exact) mass is 837 g/mol. The maximum absolute atomic E-state index is 9.38. The third kappa shape index (κ3) is 11.8. The zero-order valence-electron chi connectivity index (χ0n) is 33.9. The summed E-state index contributed by atoms with van der Waals surface area (Å²) in [5.41, 5.74) is 16.8. The van der Waals surface area contributed by atoms with Crippen molar-refractivity contribution < 1.29 is 30.4 Å². The van der Waals surface area contributed by atoms with Gasteiger partial charge in [0.15, 0.2) is 12.8 Å². The topological polar surface area (TPSA) is 58.2 Å². The van der Waals surface area contributed by atoms with E-state index in [4.69, 9.17) is 17.0 Å². The number of hydrogen-bond donors (Lipinski definition) is 2. The van der Waals surface area contributed by atoms with Crippen LogP contribution in [0.5, 0.6) is 0 Å². The molecular weight excluding hydrogens is 785 g/mol. The van der Waals surface area contributed by atoms with Crippen LogP contribution in [0.2, 0.25) is 0 Å². The Morgan fingerprint density at radius 2 is 0.926 bits per heavy atom. The van der Waals surface area contributed by atoms with Gasteiger partial charge in [-0.2, -0.15) is 12.1 Å². The minimum absolute atomic E-state index is 0.188. The van der Waals surface area contributed by atoms with Gasteiger partial charge in [-0.05, 0) is 85.8 Å². The fourth-order valence-corrected chi connectivity index (χ4v) is 6.56. The Morgan fingerprint density at radius 1 is 0.574 bits per heavy atom. The second-order valence-corrected chi connectivity index (χ2v) is 19.6. The van der Waals surface area contributed by atoms with E-state index in [0.717, 1.165) is 7.55 Å². The summed E-state index contributed by atoms with van der Waals surface area (Å²) in [5.74, 6) is 0. The van der Waals surface area contributed by atoms with Gasteiger partial charge in [0.05, 0.1) is 0 Å². The van der Waals surface area contributed by atoms with E-state index in [2.05, 4.69) is 178 Å². The number of aryl methyl sites for hydroxylation is 4. The summed E-state index contributed by atoms with van der Waals surface area (Å²) >= 11 is -0.826. The van der Waals surface area contributed by atoms with E-state index >= 15 is 0 Å². The molecule has 0 aliphatic carbocycles. The van der Waals surface area contributed by atoms with Crippen LogP contribution in [0.1, 0.15) is 86.1 Å². The molecule has 281 valence electrons. The van der Waals surface area contributed by atoms with Crippen LogP contribution in [0.25, 0.3) is 43.8 Å². The van der Waals surface area contributed by atoms with Crippen molar-refractivity contribution in [1.82, 2.24) is 10.5 Å². The van der Waals surface area contributed by atoms with E-state index in [1.807, 2.05) is 0 Å². The van der Waals surface area contributed by atoms with Crippen molar-refractivity contribution in [3.8, 4) is 22.3 Å². The van der Waals surface area contributed by atoms with Crippen LogP contribution in [0.3, 0.4) is 0 Å². The van der Waals surface area contributed by atoms with Gasteiger partial charge >= 0.3 is 45.4 Å². The number of benzene rings is 4. The molecule has 0 spiro atoms. The summed E-state index contributed by atoms with van der Waals surface area (Å²) in [6.45, 7) is 26.9. The Morgan fingerprint density at radius 3 is 1.24 bits per heavy atom. The van der Waals surface area contributed by atoms with Crippen LogP contribution in [-0.2, 0) is 41.3 Å². The van der Waals surface area contributed by atoms with E-state index in [-0.39, 0.29) is 10.8 Å². The van der Waals surface area contributed by atoms with Crippen LogP contribution in [0, 0.1) is 41.5 Å². The predicted molar refractivity (Wildman–Crippen MR) is 232 cm³/mol. The molecule has 6 aromatic rings. The fourth-order valence-electron chi connectivity index (χ4n) is 6.56. The number of amides is 2. The van der Waals surface area contributed by atoms with Crippen LogP contribution >= 0.6 is 17.0 Å². The van der Waals surface area contributed by atoms with Crippen molar-refractivity contribution in [3.05, 3.63) is 129 Å². The van der Waals surface area contributed by atoms with Crippen molar-refractivity contribution in [3.63, 3.8) is 0 Å². The SMILES string of the molecule is Cc1cc(C)c(C)c(-c2cccc3[cH-]c(C(C)(C)C)cc23)c1.Cc1cc(C)c(C)c(-c2cccc3[cH-]c(C(C)(C)C)cc23)c1.O=CN[B]NC=O.[Cl][Zr+2][Cl]. The average molecular weight is 840 g/mol. The van der Waals surface area contributed by atoms with Crippen molar-refractivity contribution in [2.75, 3.05) is 0 Å². The molecule has 2 N–H and O–H groups in total. The van der Waals surface area contributed by atoms with Gasteiger partial charge in [-0.1, -0.05) is 100 Å². The molecule has 0 saturated carbocycles. The average Bonchev–Trinajstić information content (AvgIpc) is 3.75. The fraction of sp³-hybridized carbons (Fsp3) is 0.304. The van der Waals surface area contributed by atoms with Crippen LogP contribution < -0.4 is 10.5 Å². The van der Waals surface area contributed by atoms with E-state index in [1.54, 1.807) is 0 Å². The first kappa shape index (κ1) is 45.0. The zero-order valence-corrected chi connectivity index (χ0v) is 37.9. The van der Waals surface area contributed by atoms with E-state index in [1.165, 1.54) is 88.3 Å². The number of halogens is 2. The second-order valence-electron chi connectivity index (χ2n) is 15.9. The third-order valence-electron chi connectivity index (χ3n) is 9.74. The van der Waals surface area contributed by atoms with E-state index < -0.39 is 20.8 Å². The molecule has 0 saturated heterocycles. The van der Waals surface area contributed by atoms with Crippen molar-refractivity contribution >= 4 is 58.9 Å². The second kappa shape index (κ2) is 19.9. The first-order valence-corrected chi connectivity index (χ1v) is 24.4. The normalized spacial score (nSPS) is 10.9. The van der Waals surface area contributed by atoms with Gasteiger partial charge in [0.1, 0.15) is 0 Å². The molecule has 1 radical (unpaired) electrons. The number of carbonyl (C=O) groups is 2. The van der Waals surface area contributed by atoms with Gasteiger partial charge in [-0.3, -0.25) is 9.59 Å². The first-order valence-electron chi connectivity index (χ1n) is 18.1. The van der Waals surface area contributed by atoms with Gasteiger partial charge in [0.2, 0.25) is 0 Å². The van der Waals surface area contributed by atoms with Crippen molar-refractivity contribution in [1.29, 1.82) is 0 Å². The van der Waals surface area contributed by atoms with E-state index in [9.17, 15) is 9.59 Å². The molecule has 54 heavy (non-hydrogen) atoms. The molecule has 4 nitrogen and oxygen atoms in total. The van der Waals surface area contributed by atoms with Crippen LogP contribution in [-0.4, -0.2) is 20.4 Å². The Hall–Kier alpha value is -3.43. The van der Waals surface area contributed by atoms with Gasteiger partial charge in [0, 0.05) is 0 Å². The van der Waals surface area contributed by atoms with Gasteiger partial charge in [0.25, 0.3) is 0 Å². The molecule has 0 unspecified atom stereocenters. The maximum atomic E-state index is 9.38. The summed E-state index contributed by atoms with van der Waals surface area (Å²) in [7, 11) is 11.0. The molecule has 0 bridgehead atoms. The first-order chi connectivity index (χ1) is 25.4. The van der Waals surface area contributed by atoms with Crippen molar-refractivity contribution in [2.24, 2.45) is 0 Å². The predicted octanol–water partition coefficient (Wildman–Crippen LogP) is 12.3. The minimum atomic E-state index is -0.826. The molecule has 0 aromatic heterocycles. The number of carbonyl (C=O) groups excluding carboxylic acids is 2. The van der Waals surface area contributed by atoms with Crippen LogP contribution in [0.4, 0.5) is 0 Å². The van der Waals surface area contributed by atoms with Gasteiger partial charge in [-0.25, -0.2) is 0 Å². The summed E-state index contributed by atoms with van der Waals surface area (Å²) in [6, 6.07) is 32.0. The Balaban J connectivity index is 0.000000233. The molecule has 8 heteroatoms. The Kier molecular flexibility index (Phi) is 16.6. The zero-order chi connectivity index (χ0) is 40.4. The molecule has 0 aliphatic rings. The molecule has 2 amide bonds. The Bertz CT molecular complexity index is 2030.